The van der Waals surface area contributed by atoms with Crippen LogP contribution < -0.4 is 5.32 Å². The number of anilines is 1. The molecule has 0 radical (unpaired) electrons. The van der Waals surface area contributed by atoms with Crippen molar-refractivity contribution in [2.75, 3.05) is 25.0 Å². The topological polar surface area (TPSA) is 84.4 Å². The Labute approximate surface area is 191 Å². The molecule has 1 aromatic heterocycles. The van der Waals surface area contributed by atoms with Gasteiger partial charge in [-0.15, -0.1) is 0 Å². The number of hydrogen-bond donors (Lipinski definition) is 1. The van der Waals surface area contributed by atoms with Crippen LogP contribution in [-0.2, 0) is 9.53 Å². The number of morpholine rings is 1. The molecular weight excluding hydrogens is 416 g/mol. The standard InChI is InChI=1S/C26H22N4O3/c31-25(29-19-10-11-22-23(16-19)28-13-12-27-22)24-17-30(14-15-33-24)26(32)21-9-5-4-8-20(21)18-6-2-1-3-7-18/h1-13,16,24H,14-15,17H2,(H,29,31)/t24-/m1/s1. The third-order valence-corrected chi connectivity index (χ3v) is 5.63. The van der Waals surface area contributed by atoms with Gasteiger partial charge in [-0.3, -0.25) is 19.6 Å². The zero-order valence-electron chi connectivity index (χ0n) is 17.8. The molecule has 1 fully saturated rings. The average Bonchev–Trinajstić information content (AvgIpc) is 2.89. The van der Waals surface area contributed by atoms with Gasteiger partial charge in [-0.2, -0.15) is 0 Å². The zero-order chi connectivity index (χ0) is 22.6. The molecule has 0 bridgehead atoms. The van der Waals surface area contributed by atoms with Crippen molar-refractivity contribution in [1.29, 1.82) is 0 Å². The fourth-order valence-corrected chi connectivity index (χ4v) is 3.97. The summed E-state index contributed by atoms with van der Waals surface area (Å²) < 4.78 is 5.70. The van der Waals surface area contributed by atoms with Crippen molar-refractivity contribution in [3.05, 3.63) is 90.8 Å². The van der Waals surface area contributed by atoms with E-state index in [2.05, 4.69) is 15.3 Å². The van der Waals surface area contributed by atoms with Gasteiger partial charge in [0.2, 0.25) is 0 Å². The minimum Gasteiger partial charge on any atom is -0.365 e. The molecule has 164 valence electrons. The van der Waals surface area contributed by atoms with Gasteiger partial charge in [-0.05, 0) is 35.4 Å². The zero-order valence-corrected chi connectivity index (χ0v) is 17.8. The van der Waals surface area contributed by atoms with Crippen LogP contribution in [0.4, 0.5) is 5.69 Å². The number of nitrogens with zero attached hydrogens (tertiary/aromatic N) is 3. The Balaban J connectivity index is 1.31. The molecule has 2 amide bonds. The van der Waals surface area contributed by atoms with E-state index in [1.807, 2.05) is 54.6 Å². The highest BCUT2D eigenvalue weighted by Gasteiger charge is 2.30. The van der Waals surface area contributed by atoms with Crippen molar-refractivity contribution in [2.24, 2.45) is 0 Å². The van der Waals surface area contributed by atoms with Gasteiger partial charge in [0, 0.05) is 30.2 Å². The minimum absolute atomic E-state index is 0.114. The van der Waals surface area contributed by atoms with Crippen LogP contribution in [0.2, 0.25) is 0 Å². The van der Waals surface area contributed by atoms with E-state index in [1.54, 1.807) is 35.5 Å². The number of fused-ring (bicyclic) bond motifs is 1. The van der Waals surface area contributed by atoms with Crippen LogP contribution in [0.3, 0.4) is 0 Å². The summed E-state index contributed by atoms with van der Waals surface area (Å²) in [5.74, 6) is -0.413. The molecule has 5 rings (SSSR count). The average molecular weight is 438 g/mol. The maximum absolute atomic E-state index is 13.4. The molecule has 3 aromatic carbocycles. The molecule has 1 aliphatic heterocycles. The molecule has 2 heterocycles. The number of ether oxygens (including phenoxy) is 1. The summed E-state index contributed by atoms with van der Waals surface area (Å²) in [4.78, 5) is 36.5. The van der Waals surface area contributed by atoms with Gasteiger partial charge in [0.1, 0.15) is 0 Å². The van der Waals surface area contributed by atoms with Gasteiger partial charge in [0.15, 0.2) is 6.10 Å². The van der Waals surface area contributed by atoms with Crippen LogP contribution in [0, 0.1) is 0 Å². The maximum atomic E-state index is 13.4. The van der Waals surface area contributed by atoms with Crippen LogP contribution in [-0.4, -0.2) is 52.5 Å². The predicted octanol–water partition coefficient (Wildman–Crippen LogP) is 3.78. The van der Waals surface area contributed by atoms with Crippen molar-refractivity contribution in [1.82, 2.24) is 14.9 Å². The number of nitrogens with one attached hydrogen (secondary N) is 1. The molecule has 33 heavy (non-hydrogen) atoms. The lowest BCUT2D eigenvalue weighted by Crippen LogP contribution is -2.50. The molecule has 0 aliphatic carbocycles. The number of aromatic nitrogens is 2. The molecule has 1 aliphatic rings. The van der Waals surface area contributed by atoms with Gasteiger partial charge >= 0.3 is 0 Å². The molecule has 0 saturated carbocycles. The second-order valence-electron chi connectivity index (χ2n) is 7.77. The Bertz CT molecular complexity index is 1310. The Hall–Kier alpha value is -4.10. The quantitative estimate of drug-likeness (QED) is 0.524. The smallest absolute Gasteiger partial charge is 0.255 e. The summed E-state index contributed by atoms with van der Waals surface area (Å²) in [7, 11) is 0. The molecular formula is C26H22N4O3. The van der Waals surface area contributed by atoms with E-state index in [0.29, 0.717) is 29.9 Å². The Kier molecular flexibility index (Phi) is 5.78. The fraction of sp³-hybridized carbons (Fsp3) is 0.154. The first kappa shape index (κ1) is 20.8. The van der Waals surface area contributed by atoms with Gasteiger partial charge in [-0.25, -0.2) is 0 Å². The van der Waals surface area contributed by atoms with E-state index in [9.17, 15) is 9.59 Å². The first-order valence-corrected chi connectivity index (χ1v) is 10.8. The lowest BCUT2D eigenvalue weighted by atomic mass is 9.98. The highest BCUT2D eigenvalue weighted by molar-refractivity contribution is 6.02. The number of hydrogen-bond acceptors (Lipinski definition) is 5. The highest BCUT2D eigenvalue weighted by Crippen LogP contribution is 2.25. The van der Waals surface area contributed by atoms with Crippen LogP contribution in [0.25, 0.3) is 22.2 Å². The van der Waals surface area contributed by atoms with Gasteiger partial charge in [0.05, 0.1) is 24.2 Å². The Morgan fingerprint density at radius 3 is 2.52 bits per heavy atom. The third-order valence-electron chi connectivity index (χ3n) is 5.63. The number of amides is 2. The van der Waals surface area contributed by atoms with Gasteiger partial charge in [-0.1, -0.05) is 48.5 Å². The summed E-state index contributed by atoms with van der Waals surface area (Å²) in [6.07, 6.45) is 2.47. The van der Waals surface area contributed by atoms with E-state index in [0.717, 1.165) is 16.6 Å². The second kappa shape index (κ2) is 9.18. The number of carbonyl (C=O) groups excluding carboxylic acids is 2. The summed E-state index contributed by atoms with van der Waals surface area (Å²) in [5.41, 5.74) is 4.50. The van der Waals surface area contributed by atoms with Gasteiger partial charge in [0.25, 0.3) is 11.8 Å². The summed E-state index contributed by atoms with van der Waals surface area (Å²) in [6.45, 7) is 0.902. The van der Waals surface area contributed by atoms with E-state index in [1.165, 1.54) is 0 Å². The van der Waals surface area contributed by atoms with Crippen molar-refractivity contribution < 1.29 is 14.3 Å². The maximum Gasteiger partial charge on any atom is 0.255 e. The predicted molar refractivity (Wildman–Crippen MR) is 126 cm³/mol. The molecule has 1 atom stereocenters. The van der Waals surface area contributed by atoms with E-state index in [4.69, 9.17) is 4.74 Å². The number of benzene rings is 3. The summed E-state index contributed by atoms with van der Waals surface area (Å²) >= 11 is 0. The van der Waals surface area contributed by atoms with E-state index >= 15 is 0 Å². The first-order valence-electron chi connectivity index (χ1n) is 10.8. The molecule has 1 saturated heterocycles. The van der Waals surface area contributed by atoms with Gasteiger partial charge < -0.3 is 15.0 Å². The highest BCUT2D eigenvalue weighted by atomic mass is 16.5. The molecule has 0 unspecified atom stereocenters. The lowest BCUT2D eigenvalue weighted by molar-refractivity contribution is -0.131. The minimum atomic E-state index is -0.760. The summed E-state index contributed by atoms with van der Waals surface area (Å²) in [6, 6.07) is 22.7. The van der Waals surface area contributed by atoms with Crippen LogP contribution in [0.1, 0.15) is 10.4 Å². The van der Waals surface area contributed by atoms with Crippen molar-refractivity contribution in [2.45, 2.75) is 6.10 Å². The molecule has 7 heteroatoms. The molecule has 1 N–H and O–H groups in total. The normalized spacial score (nSPS) is 15.9. The van der Waals surface area contributed by atoms with Crippen LogP contribution in [0.15, 0.2) is 85.2 Å². The van der Waals surface area contributed by atoms with E-state index in [-0.39, 0.29) is 18.4 Å². The van der Waals surface area contributed by atoms with E-state index < -0.39 is 6.10 Å². The third kappa shape index (κ3) is 4.44. The molecule has 4 aromatic rings. The number of rotatable bonds is 4. The fourth-order valence-electron chi connectivity index (χ4n) is 3.97. The summed E-state index contributed by atoms with van der Waals surface area (Å²) in [5, 5.41) is 2.87. The van der Waals surface area contributed by atoms with Crippen molar-refractivity contribution in [3.8, 4) is 11.1 Å². The number of carbonyl (C=O) groups is 2. The Morgan fingerprint density at radius 1 is 0.909 bits per heavy atom. The van der Waals surface area contributed by atoms with Crippen molar-refractivity contribution in [3.63, 3.8) is 0 Å². The largest absolute Gasteiger partial charge is 0.365 e. The Morgan fingerprint density at radius 2 is 1.67 bits per heavy atom. The molecule has 0 spiro atoms. The van der Waals surface area contributed by atoms with Crippen LogP contribution >= 0.6 is 0 Å². The van der Waals surface area contributed by atoms with Crippen LogP contribution in [0.5, 0.6) is 0 Å². The second-order valence-corrected chi connectivity index (χ2v) is 7.77. The lowest BCUT2D eigenvalue weighted by Gasteiger charge is -2.32. The molecule has 7 nitrogen and oxygen atoms in total. The van der Waals surface area contributed by atoms with Crippen molar-refractivity contribution >= 4 is 28.5 Å². The SMILES string of the molecule is O=C(Nc1ccc2nccnc2c1)[C@H]1CN(C(=O)c2ccccc2-c2ccccc2)CCO1. The monoisotopic (exact) mass is 438 g/mol. The first-order chi connectivity index (χ1) is 16.2.